The van der Waals surface area contributed by atoms with Gasteiger partial charge in [-0.25, -0.2) is 4.98 Å². The second-order valence-corrected chi connectivity index (χ2v) is 5.60. The summed E-state index contributed by atoms with van der Waals surface area (Å²) in [5.74, 6) is -0.354. The zero-order valence-corrected chi connectivity index (χ0v) is 12.1. The van der Waals surface area contributed by atoms with E-state index in [0.29, 0.717) is 22.4 Å². The predicted molar refractivity (Wildman–Crippen MR) is 80.7 cm³/mol. The molecule has 0 saturated carbocycles. The Morgan fingerprint density at radius 2 is 2.14 bits per heavy atom. The smallest absolute Gasteiger partial charge is 0.323 e. The number of Topliss-reactive ketones (excluding diaryl/α,β-unsaturated/α-hetero) is 1. The molecule has 2 aromatic heterocycles. The van der Waals surface area contributed by atoms with Gasteiger partial charge in [0, 0.05) is 5.56 Å². The van der Waals surface area contributed by atoms with E-state index in [2.05, 4.69) is 4.98 Å². The van der Waals surface area contributed by atoms with Gasteiger partial charge in [-0.05, 0) is 36.6 Å². The largest absolute Gasteiger partial charge is 0.480 e. The van der Waals surface area contributed by atoms with Gasteiger partial charge in [0.25, 0.3) is 0 Å². The molecule has 0 spiro atoms. The number of hydrogen-bond donors (Lipinski definition) is 1. The first-order valence-electron chi connectivity index (χ1n) is 6.33. The summed E-state index contributed by atoms with van der Waals surface area (Å²) in [7, 11) is 0. The molecule has 21 heavy (non-hydrogen) atoms. The molecule has 0 amide bonds. The van der Waals surface area contributed by atoms with Gasteiger partial charge in [-0.3, -0.25) is 9.59 Å². The number of ketones is 1. The van der Waals surface area contributed by atoms with Crippen LogP contribution in [0.2, 0.25) is 0 Å². The molecular formula is C15H12N2O3S. The number of carbonyl (C=O) groups excluding carboxylic acids is 1. The number of hydrogen-bond acceptors (Lipinski definition) is 4. The zero-order valence-electron chi connectivity index (χ0n) is 11.2. The second kappa shape index (κ2) is 5.14. The van der Waals surface area contributed by atoms with Crippen molar-refractivity contribution in [3.8, 4) is 10.7 Å². The number of imidazole rings is 1. The average Bonchev–Trinajstić information content (AvgIpc) is 3.05. The first-order chi connectivity index (χ1) is 10.1. The van der Waals surface area contributed by atoms with Crippen LogP contribution in [-0.4, -0.2) is 26.4 Å². The van der Waals surface area contributed by atoms with Crippen LogP contribution >= 0.6 is 11.3 Å². The van der Waals surface area contributed by atoms with Gasteiger partial charge in [-0.15, -0.1) is 11.3 Å². The third-order valence-electron chi connectivity index (χ3n) is 3.19. The van der Waals surface area contributed by atoms with Crippen molar-refractivity contribution in [1.29, 1.82) is 0 Å². The third kappa shape index (κ3) is 2.45. The lowest BCUT2D eigenvalue weighted by molar-refractivity contribution is -0.137. The van der Waals surface area contributed by atoms with Crippen molar-refractivity contribution in [3.63, 3.8) is 0 Å². The summed E-state index contributed by atoms with van der Waals surface area (Å²) in [4.78, 5) is 28.0. The summed E-state index contributed by atoms with van der Waals surface area (Å²) in [5, 5.41) is 11.0. The molecule has 0 aliphatic rings. The molecule has 0 atom stereocenters. The Bertz CT molecular complexity index is 834. The standard InChI is InChI=1S/C15H12N2O3S/c1-9(18)10-4-5-12-11(7-10)16-15(13-3-2-6-21-13)17(12)8-14(19)20/h2-7H,8H2,1H3,(H,19,20). The number of aromatic nitrogens is 2. The summed E-state index contributed by atoms with van der Waals surface area (Å²) < 4.78 is 1.66. The highest BCUT2D eigenvalue weighted by Crippen LogP contribution is 2.28. The fraction of sp³-hybridized carbons (Fsp3) is 0.133. The highest BCUT2D eigenvalue weighted by atomic mass is 32.1. The Morgan fingerprint density at radius 1 is 1.33 bits per heavy atom. The highest BCUT2D eigenvalue weighted by molar-refractivity contribution is 7.13. The lowest BCUT2D eigenvalue weighted by Crippen LogP contribution is -2.09. The molecule has 0 aliphatic heterocycles. The van der Waals surface area contributed by atoms with Gasteiger partial charge in [0.2, 0.25) is 0 Å². The maximum absolute atomic E-state index is 11.5. The predicted octanol–water partition coefficient (Wildman–Crippen LogP) is 3.05. The molecule has 0 radical (unpaired) electrons. The minimum absolute atomic E-state index is 0.0395. The Kier molecular flexibility index (Phi) is 3.31. The number of benzene rings is 1. The van der Waals surface area contributed by atoms with Gasteiger partial charge in [-0.2, -0.15) is 0 Å². The van der Waals surface area contributed by atoms with E-state index >= 15 is 0 Å². The van der Waals surface area contributed by atoms with E-state index in [4.69, 9.17) is 5.11 Å². The van der Waals surface area contributed by atoms with Crippen molar-refractivity contribution in [2.24, 2.45) is 0 Å². The lowest BCUT2D eigenvalue weighted by atomic mass is 10.1. The summed E-state index contributed by atoms with van der Waals surface area (Å²) >= 11 is 1.50. The van der Waals surface area contributed by atoms with E-state index in [0.717, 1.165) is 4.88 Å². The van der Waals surface area contributed by atoms with E-state index in [1.54, 1.807) is 22.8 Å². The van der Waals surface area contributed by atoms with E-state index in [-0.39, 0.29) is 12.3 Å². The normalized spacial score (nSPS) is 10.9. The minimum Gasteiger partial charge on any atom is -0.480 e. The molecule has 3 aromatic rings. The first-order valence-corrected chi connectivity index (χ1v) is 7.21. The van der Waals surface area contributed by atoms with Crippen molar-refractivity contribution in [1.82, 2.24) is 9.55 Å². The lowest BCUT2D eigenvalue weighted by Gasteiger charge is -2.04. The first kappa shape index (κ1) is 13.5. The van der Waals surface area contributed by atoms with Crippen molar-refractivity contribution in [3.05, 3.63) is 41.3 Å². The summed E-state index contributed by atoms with van der Waals surface area (Å²) in [6.45, 7) is 1.33. The topological polar surface area (TPSA) is 72.2 Å². The maximum atomic E-state index is 11.5. The number of rotatable bonds is 4. The average molecular weight is 300 g/mol. The zero-order chi connectivity index (χ0) is 15.0. The quantitative estimate of drug-likeness (QED) is 0.752. The van der Waals surface area contributed by atoms with Crippen molar-refractivity contribution in [2.75, 3.05) is 0 Å². The van der Waals surface area contributed by atoms with E-state index in [1.165, 1.54) is 18.3 Å². The van der Waals surface area contributed by atoms with E-state index < -0.39 is 5.97 Å². The summed E-state index contributed by atoms with van der Waals surface area (Å²) in [6.07, 6.45) is 0. The fourth-order valence-electron chi connectivity index (χ4n) is 2.24. The Hall–Kier alpha value is -2.47. The van der Waals surface area contributed by atoms with Crippen LogP contribution in [0.25, 0.3) is 21.7 Å². The maximum Gasteiger partial charge on any atom is 0.323 e. The molecular weight excluding hydrogens is 288 g/mol. The van der Waals surface area contributed by atoms with Crippen LogP contribution in [0.4, 0.5) is 0 Å². The van der Waals surface area contributed by atoms with Gasteiger partial charge in [0.05, 0.1) is 15.9 Å². The van der Waals surface area contributed by atoms with Crippen LogP contribution in [0, 0.1) is 0 Å². The van der Waals surface area contributed by atoms with Crippen molar-refractivity contribution >= 4 is 34.1 Å². The fourth-order valence-corrected chi connectivity index (χ4v) is 2.96. The Balaban J connectivity index is 2.25. The SMILES string of the molecule is CC(=O)c1ccc2c(c1)nc(-c1cccs1)n2CC(=O)O. The number of carboxylic acids is 1. The van der Waals surface area contributed by atoms with Crippen LogP contribution < -0.4 is 0 Å². The number of aliphatic carboxylic acids is 1. The summed E-state index contributed by atoms with van der Waals surface area (Å²) in [5.41, 5.74) is 1.92. The van der Waals surface area contributed by atoms with Crippen LogP contribution in [-0.2, 0) is 11.3 Å². The molecule has 6 heteroatoms. The van der Waals surface area contributed by atoms with Crippen LogP contribution in [0.3, 0.4) is 0 Å². The molecule has 1 N–H and O–H groups in total. The van der Waals surface area contributed by atoms with Gasteiger partial charge in [-0.1, -0.05) is 6.07 Å². The molecule has 0 fully saturated rings. The molecule has 0 bridgehead atoms. The Morgan fingerprint density at radius 3 is 2.76 bits per heavy atom. The molecule has 5 nitrogen and oxygen atoms in total. The molecule has 106 valence electrons. The number of fused-ring (bicyclic) bond motifs is 1. The number of nitrogens with zero attached hydrogens (tertiary/aromatic N) is 2. The van der Waals surface area contributed by atoms with Crippen molar-refractivity contribution < 1.29 is 14.7 Å². The summed E-state index contributed by atoms with van der Waals surface area (Å²) in [6, 6.07) is 8.94. The molecule has 1 aromatic carbocycles. The third-order valence-corrected chi connectivity index (χ3v) is 4.06. The molecule has 0 saturated heterocycles. The van der Waals surface area contributed by atoms with E-state index in [1.807, 2.05) is 17.5 Å². The van der Waals surface area contributed by atoms with Crippen LogP contribution in [0.5, 0.6) is 0 Å². The monoisotopic (exact) mass is 300 g/mol. The van der Waals surface area contributed by atoms with Gasteiger partial charge in [0.1, 0.15) is 6.54 Å². The van der Waals surface area contributed by atoms with Gasteiger partial charge in [0.15, 0.2) is 11.6 Å². The number of carboxylic acid groups (broad SMARTS) is 1. The highest BCUT2D eigenvalue weighted by Gasteiger charge is 2.16. The molecule has 0 aliphatic carbocycles. The van der Waals surface area contributed by atoms with Crippen LogP contribution in [0.1, 0.15) is 17.3 Å². The van der Waals surface area contributed by atoms with E-state index in [9.17, 15) is 9.59 Å². The number of carbonyl (C=O) groups is 2. The molecule has 0 unspecified atom stereocenters. The molecule has 2 heterocycles. The van der Waals surface area contributed by atoms with Gasteiger partial charge < -0.3 is 9.67 Å². The second-order valence-electron chi connectivity index (χ2n) is 4.65. The number of thiophene rings is 1. The van der Waals surface area contributed by atoms with Gasteiger partial charge >= 0.3 is 5.97 Å². The minimum atomic E-state index is -0.928. The molecule has 3 rings (SSSR count). The Labute approximate surface area is 124 Å². The van der Waals surface area contributed by atoms with Crippen LogP contribution in [0.15, 0.2) is 35.7 Å². The van der Waals surface area contributed by atoms with Crippen molar-refractivity contribution in [2.45, 2.75) is 13.5 Å².